The first-order valence-corrected chi connectivity index (χ1v) is 12.8. The van der Waals surface area contributed by atoms with Crippen LogP contribution in [0, 0.1) is 12.7 Å². The van der Waals surface area contributed by atoms with E-state index in [4.69, 9.17) is 5.10 Å². The molecule has 6 nitrogen and oxygen atoms in total. The molecule has 3 heterocycles. The van der Waals surface area contributed by atoms with Gasteiger partial charge >= 0.3 is 6.03 Å². The fourth-order valence-corrected chi connectivity index (χ4v) is 5.20. The van der Waals surface area contributed by atoms with Gasteiger partial charge in [-0.1, -0.05) is 49.4 Å². The number of nitrogens with zero attached hydrogens (tertiary/aromatic N) is 4. The van der Waals surface area contributed by atoms with Crippen LogP contribution >= 0.6 is 0 Å². The van der Waals surface area contributed by atoms with Gasteiger partial charge in [0, 0.05) is 17.4 Å². The number of fused-ring (bicyclic) bond motifs is 3. The van der Waals surface area contributed by atoms with E-state index in [-0.39, 0.29) is 11.8 Å². The maximum atomic E-state index is 14.5. The molecule has 6 rings (SSSR count). The van der Waals surface area contributed by atoms with Crippen molar-refractivity contribution < 1.29 is 9.18 Å². The Morgan fingerprint density at radius 1 is 1.00 bits per heavy atom. The quantitative estimate of drug-likeness (QED) is 0.292. The molecule has 0 bridgehead atoms. The highest BCUT2D eigenvalue weighted by Gasteiger charge is 2.36. The van der Waals surface area contributed by atoms with E-state index in [0.717, 1.165) is 34.9 Å². The van der Waals surface area contributed by atoms with Crippen LogP contribution in [0.15, 0.2) is 97.2 Å². The predicted octanol–water partition coefficient (Wildman–Crippen LogP) is 6.81. The van der Waals surface area contributed by atoms with E-state index in [0.29, 0.717) is 17.8 Å². The minimum Gasteiger partial charge on any atom is -0.308 e. The topological polar surface area (TPSA) is 55.1 Å². The molecule has 0 saturated heterocycles. The minimum absolute atomic E-state index is 0.268. The Morgan fingerprint density at radius 2 is 1.79 bits per heavy atom. The van der Waals surface area contributed by atoms with E-state index in [1.807, 2.05) is 90.6 Å². The smallest absolute Gasteiger partial charge is 0.308 e. The van der Waals surface area contributed by atoms with E-state index in [2.05, 4.69) is 16.8 Å². The van der Waals surface area contributed by atoms with Gasteiger partial charge in [0.1, 0.15) is 11.6 Å². The van der Waals surface area contributed by atoms with E-state index in [9.17, 15) is 9.18 Å². The van der Waals surface area contributed by atoms with Crippen LogP contribution < -0.4 is 5.32 Å². The second-order valence-corrected chi connectivity index (χ2v) is 9.50. The first kappa shape index (κ1) is 23.7. The maximum absolute atomic E-state index is 14.5. The SMILES string of the molecule is CCc1ccc(NC(=O)N2Cc3c(C)nn(-c4ccccc4)c3-n3cccc3[C@H]2c2cccc(F)c2)cc1. The number of aryl methyl sites for hydroxylation is 2. The molecule has 2 aromatic heterocycles. The fourth-order valence-electron chi connectivity index (χ4n) is 5.20. The van der Waals surface area contributed by atoms with Gasteiger partial charge in [-0.2, -0.15) is 5.10 Å². The van der Waals surface area contributed by atoms with E-state index in [1.54, 1.807) is 11.0 Å². The summed E-state index contributed by atoms with van der Waals surface area (Å²) in [4.78, 5) is 15.7. The highest BCUT2D eigenvalue weighted by Crippen LogP contribution is 2.38. The third-order valence-corrected chi connectivity index (χ3v) is 7.13. The number of nitrogens with one attached hydrogen (secondary N) is 1. The molecule has 0 radical (unpaired) electrons. The lowest BCUT2D eigenvalue weighted by molar-refractivity contribution is 0.194. The number of para-hydroxylation sites is 1. The number of rotatable bonds is 4. The van der Waals surface area contributed by atoms with Crippen molar-refractivity contribution in [3.8, 4) is 11.5 Å². The molecule has 1 atom stereocenters. The van der Waals surface area contributed by atoms with E-state index < -0.39 is 6.04 Å². The number of anilines is 1. The lowest BCUT2D eigenvalue weighted by Gasteiger charge is -2.31. The summed E-state index contributed by atoms with van der Waals surface area (Å²) in [6.07, 6.45) is 2.90. The molecule has 2 amide bonds. The van der Waals surface area contributed by atoms with Crippen LogP contribution in [0.2, 0.25) is 0 Å². The zero-order chi connectivity index (χ0) is 26.2. The van der Waals surface area contributed by atoms with Crippen LogP contribution in [-0.4, -0.2) is 25.3 Å². The standard InChI is InChI=1S/C31H28FN5O/c1-3-22-14-16-25(17-15-22)33-31(38)36-20-27-21(2)34-37(26-11-5-4-6-12-26)30(27)35-18-8-13-28(35)29(36)23-9-7-10-24(32)19-23/h4-19,29H,3,20H2,1-2H3,(H,33,38)/t29-/m1/s1. The molecule has 1 N–H and O–H groups in total. The lowest BCUT2D eigenvalue weighted by Crippen LogP contribution is -2.38. The van der Waals surface area contributed by atoms with Crippen molar-refractivity contribution >= 4 is 11.7 Å². The van der Waals surface area contributed by atoms with Crippen molar-refractivity contribution in [2.24, 2.45) is 0 Å². The Kier molecular flexibility index (Phi) is 6.04. The van der Waals surface area contributed by atoms with Crippen molar-refractivity contribution in [2.45, 2.75) is 32.9 Å². The first-order valence-electron chi connectivity index (χ1n) is 12.8. The lowest BCUT2D eigenvalue weighted by atomic mass is 10.0. The second kappa shape index (κ2) is 9.67. The molecular weight excluding hydrogens is 477 g/mol. The summed E-state index contributed by atoms with van der Waals surface area (Å²) in [6.45, 7) is 4.36. The number of carbonyl (C=O) groups excluding carboxylic acids is 1. The van der Waals surface area contributed by atoms with Crippen LogP contribution in [-0.2, 0) is 13.0 Å². The van der Waals surface area contributed by atoms with Crippen molar-refractivity contribution in [3.63, 3.8) is 0 Å². The number of urea groups is 1. The Hall–Kier alpha value is -4.65. The first-order chi connectivity index (χ1) is 18.5. The number of halogens is 1. The van der Waals surface area contributed by atoms with Crippen LogP contribution in [0.5, 0.6) is 0 Å². The number of benzene rings is 3. The van der Waals surface area contributed by atoms with Crippen LogP contribution in [0.4, 0.5) is 14.9 Å². The van der Waals surface area contributed by atoms with Crippen molar-refractivity contribution in [1.82, 2.24) is 19.2 Å². The summed E-state index contributed by atoms with van der Waals surface area (Å²) in [7, 11) is 0. The highest BCUT2D eigenvalue weighted by molar-refractivity contribution is 5.90. The molecule has 0 unspecified atom stereocenters. The van der Waals surface area contributed by atoms with Gasteiger partial charge in [-0.3, -0.25) is 0 Å². The number of hydrogen-bond donors (Lipinski definition) is 1. The Bertz CT molecular complexity index is 1600. The summed E-state index contributed by atoms with van der Waals surface area (Å²) in [5.41, 5.74) is 6.14. The monoisotopic (exact) mass is 505 g/mol. The van der Waals surface area contributed by atoms with Gasteiger partial charge in [0.05, 0.1) is 29.7 Å². The van der Waals surface area contributed by atoms with Gasteiger partial charge in [0.2, 0.25) is 0 Å². The molecule has 190 valence electrons. The second-order valence-electron chi connectivity index (χ2n) is 9.50. The Labute approximate surface area is 221 Å². The van der Waals surface area contributed by atoms with Crippen LogP contribution in [0.1, 0.15) is 41.0 Å². The molecule has 5 aromatic rings. The minimum atomic E-state index is -0.522. The molecule has 7 heteroatoms. The summed E-state index contributed by atoms with van der Waals surface area (Å²) in [5, 5.41) is 7.94. The molecule has 38 heavy (non-hydrogen) atoms. The summed E-state index contributed by atoms with van der Waals surface area (Å²) in [5.74, 6) is 0.530. The van der Waals surface area contributed by atoms with Crippen molar-refractivity contribution in [3.05, 3.63) is 131 Å². The van der Waals surface area contributed by atoms with Gasteiger partial charge < -0.3 is 14.8 Å². The molecule has 1 aliphatic rings. The maximum Gasteiger partial charge on any atom is 0.322 e. The average molecular weight is 506 g/mol. The zero-order valence-electron chi connectivity index (χ0n) is 21.3. The van der Waals surface area contributed by atoms with E-state index >= 15 is 0 Å². The number of carbonyl (C=O) groups is 1. The van der Waals surface area contributed by atoms with Crippen molar-refractivity contribution in [2.75, 3.05) is 5.32 Å². The third kappa shape index (κ3) is 4.16. The molecule has 0 fully saturated rings. The van der Waals surface area contributed by atoms with Crippen LogP contribution in [0.3, 0.4) is 0 Å². The van der Waals surface area contributed by atoms with Gasteiger partial charge in [0.15, 0.2) is 0 Å². The molecule has 0 spiro atoms. The van der Waals surface area contributed by atoms with Gasteiger partial charge in [-0.25, -0.2) is 13.9 Å². The summed E-state index contributed by atoms with van der Waals surface area (Å²) >= 11 is 0. The van der Waals surface area contributed by atoms with Crippen molar-refractivity contribution in [1.29, 1.82) is 0 Å². The molecular formula is C31H28FN5O. The number of amides is 2. The Balaban J connectivity index is 1.51. The van der Waals surface area contributed by atoms with Gasteiger partial charge in [-0.15, -0.1) is 0 Å². The highest BCUT2D eigenvalue weighted by atomic mass is 19.1. The van der Waals surface area contributed by atoms with Gasteiger partial charge in [-0.05, 0) is 73.0 Å². The molecule has 1 aliphatic heterocycles. The van der Waals surface area contributed by atoms with Gasteiger partial charge in [0.25, 0.3) is 0 Å². The summed E-state index contributed by atoms with van der Waals surface area (Å²) in [6, 6.07) is 27.4. The Morgan fingerprint density at radius 3 is 2.53 bits per heavy atom. The molecule has 0 saturated carbocycles. The fraction of sp³-hybridized carbons (Fsp3) is 0.161. The average Bonchev–Trinajstić information content (AvgIpc) is 3.50. The number of aromatic nitrogens is 3. The molecule has 0 aliphatic carbocycles. The predicted molar refractivity (Wildman–Crippen MR) is 146 cm³/mol. The zero-order valence-corrected chi connectivity index (χ0v) is 21.3. The van der Waals surface area contributed by atoms with Crippen LogP contribution in [0.25, 0.3) is 11.5 Å². The summed E-state index contributed by atoms with van der Waals surface area (Å²) < 4.78 is 18.5. The molecule has 3 aromatic carbocycles. The van der Waals surface area contributed by atoms with E-state index in [1.165, 1.54) is 17.7 Å². The normalized spacial score (nSPS) is 14.5. The third-order valence-electron chi connectivity index (χ3n) is 7.13. The largest absolute Gasteiger partial charge is 0.322 e. The number of hydrogen-bond acceptors (Lipinski definition) is 2.